The molecule has 3 N–H and O–H groups in total. The first kappa shape index (κ1) is 23.7. The van der Waals surface area contributed by atoms with Gasteiger partial charge in [-0.2, -0.15) is 13.2 Å². The first-order chi connectivity index (χ1) is 15.2. The van der Waals surface area contributed by atoms with Gasteiger partial charge in [0.1, 0.15) is 5.69 Å². The van der Waals surface area contributed by atoms with Crippen molar-refractivity contribution in [3.8, 4) is 0 Å². The highest BCUT2D eigenvalue weighted by Gasteiger charge is 2.38. The van der Waals surface area contributed by atoms with E-state index in [9.17, 15) is 22.8 Å². The first-order valence-corrected chi connectivity index (χ1v) is 10.8. The zero-order chi connectivity index (χ0) is 23.3. The molecule has 0 aliphatic carbocycles. The number of piperazine rings is 1. The van der Waals surface area contributed by atoms with E-state index in [1.165, 1.54) is 30.5 Å². The van der Waals surface area contributed by atoms with Gasteiger partial charge in [-0.25, -0.2) is 14.8 Å². The average Bonchev–Trinajstić information content (AvgIpc) is 3.19. The molecule has 1 saturated heterocycles. The normalized spacial score (nSPS) is 14.8. The van der Waals surface area contributed by atoms with Crippen LogP contribution in [0.2, 0.25) is 0 Å². The van der Waals surface area contributed by atoms with Crippen molar-refractivity contribution in [2.75, 3.05) is 50.0 Å². The molecule has 0 radical (unpaired) electrons. The molecule has 1 aliphatic heterocycles. The Labute approximate surface area is 187 Å². The number of aromatic nitrogens is 2. The molecule has 2 aromatic rings. The predicted octanol–water partition coefficient (Wildman–Crippen LogP) is 2.38. The van der Waals surface area contributed by atoms with Crippen molar-refractivity contribution < 1.29 is 22.8 Å². The van der Waals surface area contributed by atoms with Gasteiger partial charge in [0.25, 0.3) is 5.91 Å². The minimum absolute atomic E-state index is 0.0315. The van der Waals surface area contributed by atoms with E-state index in [-0.39, 0.29) is 17.4 Å². The standard InChI is InChI=1S/C19H24F3N7O2S/c1-3-24-17(31)27-18-25-10-12(32-18)11-28-6-8-29(9-7-28)14-5-4-13(16(30)23-2)26-15(14)19(20,21)22/h4-5,10H,3,6-9,11H2,1-2H3,(H,23,30)(H2,24,25,27,31). The van der Waals surface area contributed by atoms with Gasteiger partial charge in [0.2, 0.25) is 0 Å². The molecule has 2 aromatic heterocycles. The van der Waals surface area contributed by atoms with E-state index in [0.29, 0.717) is 44.4 Å². The number of nitrogens with one attached hydrogen (secondary N) is 3. The summed E-state index contributed by atoms with van der Waals surface area (Å²) < 4.78 is 40.8. The topological polar surface area (TPSA) is 102 Å². The fourth-order valence-electron chi connectivity index (χ4n) is 3.28. The van der Waals surface area contributed by atoms with E-state index in [0.717, 1.165) is 4.88 Å². The third kappa shape index (κ3) is 5.85. The van der Waals surface area contributed by atoms with Gasteiger partial charge in [-0.15, -0.1) is 11.3 Å². The minimum atomic E-state index is -4.67. The van der Waals surface area contributed by atoms with Gasteiger partial charge in [-0.3, -0.25) is 15.0 Å². The predicted molar refractivity (Wildman–Crippen MR) is 115 cm³/mol. The number of anilines is 2. The highest BCUT2D eigenvalue weighted by molar-refractivity contribution is 7.15. The molecule has 9 nitrogen and oxygen atoms in total. The van der Waals surface area contributed by atoms with E-state index in [2.05, 4.69) is 30.8 Å². The van der Waals surface area contributed by atoms with Gasteiger partial charge >= 0.3 is 12.2 Å². The van der Waals surface area contributed by atoms with E-state index in [1.807, 2.05) is 6.92 Å². The zero-order valence-electron chi connectivity index (χ0n) is 17.6. The van der Waals surface area contributed by atoms with Crippen LogP contribution in [0.15, 0.2) is 18.3 Å². The maximum absolute atomic E-state index is 13.6. The van der Waals surface area contributed by atoms with Crippen molar-refractivity contribution in [3.05, 3.63) is 34.6 Å². The fraction of sp³-hybridized carbons (Fsp3) is 0.474. The summed E-state index contributed by atoms with van der Waals surface area (Å²) >= 11 is 1.36. The number of thiazole rings is 1. The second-order valence-corrected chi connectivity index (χ2v) is 8.14. The Morgan fingerprint density at radius 3 is 2.53 bits per heavy atom. The Hall–Kier alpha value is -2.93. The van der Waals surface area contributed by atoms with Crippen LogP contribution in [-0.4, -0.2) is 66.6 Å². The van der Waals surface area contributed by atoms with E-state index in [4.69, 9.17) is 0 Å². The van der Waals surface area contributed by atoms with Crippen LogP contribution < -0.4 is 20.9 Å². The second-order valence-electron chi connectivity index (χ2n) is 7.02. The fourth-order valence-corrected chi connectivity index (χ4v) is 4.13. The molecular weight excluding hydrogens is 447 g/mol. The Morgan fingerprint density at radius 2 is 1.91 bits per heavy atom. The summed E-state index contributed by atoms with van der Waals surface area (Å²) in [5, 5.41) is 8.06. The molecule has 3 rings (SSSR count). The second kappa shape index (κ2) is 10.1. The van der Waals surface area contributed by atoms with Crippen LogP contribution in [0.3, 0.4) is 0 Å². The molecule has 0 bridgehead atoms. The number of nitrogens with zero attached hydrogens (tertiary/aromatic N) is 4. The van der Waals surface area contributed by atoms with Crippen molar-refractivity contribution in [3.63, 3.8) is 0 Å². The van der Waals surface area contributed by atoms with Crippen LogP contribution >= 0.6 is 11.3 Å². The van der Waals surface area contributed by atoms with E-state index >= 15 is 0 Å². The van der Waals surface area contributed by atoms with E-state index < -0.39 is 17.8 Å². The van der Waals surface area contributed by atoms with Gasteiger partial charge in [0.05, 0.1) is 5.69 Å². The lowest BCUT2D eigenvalue weighted by Crippen LogP contribution is -2.46. The molecule has 1 fully saturated rings. The number of amides is 3. The number of hydrogen-bond donors (Lipinski definition) is 3. The number of halogens is 3. The number of hydrogen-bond acceptors (Lipinski definition) is 7. The van der Waals surface area contributed by atoms with Crippen LogP contribution in [0.25, 0.3) is 0 Å². The molecule has 3 heterocycles. The van der Waals surface area contributed by atoms with Gasteiger partial charge in [0.15, 0.2) is 10.8 Å². The number of pyridine rings is 1. The lowest BCUT2D eigenvalue weighted by atomic mass is 10.2. The summed E-state index contributed by atoms with van der Waals surface area (Å²) in [6.07, 6.45) is -2.99. The number of carbonyl (C=O) groups excluding carboxylic acids is 2. The van der Waals surface area contributed by atoms with Gasteiger partial charge in [0, 0.05) is 57.4 Å². The van der Waals surface area contributed by atoms with Crippen molar-refractivity contribution in [2.45, 2.75) is 19.6 Å². The summed E-state index contributed by atoms with van der Waals surface area (Å²) in [5.41, 5.74) is -1.36. The minimum Gasteiger partial charge on any atom is -0.367 e. The zero-order valence-corrected chi connectivity index (χ0v) is 18.4. The van der Waals surface area contributed by atoms with Crippen molar-refractivity contribution >= 4 is 34.1 Å². The average molecular weight is 472 g/mol. The van der Waals surface area contributed by atoms with Crippen LogP contribution in [0, 0.1) is 0 Å². The third-order valence-electron chi connectivity index (χ3n) is 4.81. The lowest BCUT2D eigenvalue weighted by Gasteiger charge is -2.36. The molecule has 0 atom stereocenters. The quantitative estimate of drug-likeness (QED) is 0.598. The summed E-state index contributed by atoms with van der Waals surface area (Å²) in [5.74, 6) is -0.669. The molecular formula is C19H24F3N7O2S. The molecule has 13 heteroatoms. The smallest absolute Gasteiger partial charge is 0.367 e. The number of urea groups is 1. The Balaban J connectivity index is 1.63. The summed E-state index contributed by atoms with van der Waals surface area (Å²) in [6.45, 7) is 4.77. The van der Waals surface area contributed by atoms with Crippen molar-refractivity contribution in [1.82, 2.24) is 25.5 Å². The molecule has 32 heavy (non-hydrogen) atoms. The maximum atomic E-state index is 13.6. The molecule has 0 unspecified atom stereocenters. The van der Waals surface area contributed by atoms with Crippen LogP contribution in [0.4, 0.5) is 28.8 Å². The molecule has 3 amide bonds. The van der Waals surface area contributed by atoms with E-state index in [1.54, 1.807) is 11.1 Å². The first-order valence-electron chi connectivity index (χ1n) is 9.98. The summed E-state index contributed by atoms with van der Waals surface area (Å²) in [4.78, 5) is 35.7. The Bertz CT molecular complexity index is 959. The number of rotatable bonds is 6. The molecule has 0 spiro atoms. The largest absolute Gasteiger partial charge is 0.435 e. The summed E-state index contributed by atoms with van der Waals surface area (Å²) in [6, 6.07) is 2.29. The SMILES string of the molecule is CCNC(=O)Nc1ncc(CN2CCN(c3ccc(C(=O)NC)nc3C(F)(F)F)CC2)s1. The van der Waals surface area contributed by atoms with Gasteiger partial charge in [-0.1, -0.05) is 0 Å². The third-order valence-corrected chi connectivity index (χ3v) is 5.70. The Morgan fingerprint density at radius 1 is 1.19 bits per heavy atom. The number of carbonyl (C=O) groups is 2. The molecule has 1 aliphatic rings. The van der Waals surface area contributed by atoms with Crippen LogP contribution in [-0.2, 0) is 12.7 Å². The van der Waals surface area contributed by atoms with Gasteiger partial charge in [-0.05, 0) is 19.1 Å². The number of alkyl halides is 3. The molecule has 0 saturated carbocycles. The van der Waals surface area contributed by atoms with Crippen LogP contribution in [0.1, 0.15) is 28.0 Å². The van der Waals surface area contributed by atoms with Crippen molar-refractivity contribution in [2.24, 2.45) is 0 Å². The maximum Gasteiger partial charge on any atom is 0.435 e. The van der Waals surface area contributed by atoms with Crippen molar-refractivity contribution in [1.29, 1.82) is 0 Å². The molecule has 0 aromatic carbocycles. The molecule has 174 valence electrons. The summed E-state index contributed by atoms with van der Waals surface area (Å²) in [7, 11) is 1.34. The van der Waals surface area contributed by atoms with Gasteiger partial charge < -0.3 is 15.5 Å². The highest BCUT2D eigenvalue weighted by Crippen LogP contribution is 2.36. The highest BCUT2D eigenvalue weighted by atomic mass is 32.1. The Kier molecular flexibility index (Phi) is 7.51. The lowest BCUT2D eigenvalue weighted by molar-refractivity contribution is -0.140. The monoisotopic (exact) mass is 471 g/mol. The van der Waals surface area contributed by atoms with Crippen LogP contribution in [0.5, 0.6) is 0 Å².